The molecule has 0 aliphatic heterocycles. The van der Waals surface area contributed by atoms with E-state index in [0.29, 0.717) is 15.0 Å². The average molecular weight is 297 g/mol. The van der Waals surface area contributed by atoms with Crippen molar-refractivity contribution in [2.45, 2.75) is 18.7 Å². The summed E-state index contributed by atoms with van der Waals surface area (Å²) < 4.78 is 1.53. The number of allylic oxidation sites excluding steroid dienone is 1. The Morgan fingerprint density at radius 2 is 2.12 bits per heavy atom. The monoisotopic (exact) mass is 298 g/mol. The van der Waals surface area contributed by atoms with E-state index in [1.54, 1.807) is 0 Å². The van der Waals surface area contributed by atoms with Gasteiger partial charge in [-0.1, -0.05) is 0 Å². The molecule has 0 unspecified atom stereocenters. The van der Waals surface area contributed by atoms with E-state index in [1.165, 1.54) is 21.5 Å². The van der Waals surface area contributed by atoms with Gasteiger partial charge in [-0.15, -0.1) is 0 Å². The number of thioether (sulfide) groups is 1. The molecule has 0 fully saturated rings. The summed E-state index contributed by atoms with van der Waals surface area (Å²) >= 11 is 2.55. The van der Waals surface area contributed by atoms with Crippen molar-refractivity contribution < 1.29 is 0 Å². The normalized spacial score (nSPS) is 11.4. The zero-order valence-electron chi connectivity index (χ0n) is 9.69. The summed E-state index contributed by atoms with van der Waals surface area (Å²) in [5.74, 6) is 1.22. The molecule has 0 atom stereocenters. The van der Waals surface area contributed by atoms with Crippen LogP contribution >= 0.6 is 11.8 Å². The van der Waals surface area contributed by atoms with Crippen LogP contribution < -0.4 is 0 Å². The number of hydrogen-bond acceptors (Lipinski definition) is 1. The Balaban J connectivity index is 2.66. The van der Waals surface area contributed by atoms with Gasteiger partial charge in [-0.3, -0.25) is 0 Å². The molecule has 0 heterocycles. The SMILES string of the molecule is C=CC[Se]/C(=C\c1ccccc1)SCCC. The molecule has 0 saturated heterocycles. The van der Waals surface area contributed by atoms with Crippen LogP contribution in [0.25, 0.3) is 6.08 Å². The quantitative estimate of drug-likeness (QED) is 0.530. The predicted molar refractivity (Wildman–Crippen MR) is 77.9 cm³/mol. The van der Waals surface area contributed by atoms with Crippen molar-refractivity contribution in [2.75, 3.05) is 5.75 Å². The van der Waals surface area contributed by atoms with Crippen LogP contribution in [0.2, 0.25) is 5.32 Å². The molecule has 0 nitrogen and oxygen atoms in total. The van der Waals surface area contributed by atoms with Gasteiger partial charge in [-0.25, -0.2) is 0 Å². The van der Waals surface area contributed by atoms with Crippen molar-refractivity contribution in [3.63, 3.8) is 0 Å². The van der Waals surface area contributed by atoms with Gasteiger partial charge in [0.25, 0.3) is 0 Å². The Bertz CT molecular complexity index is 330. The summed E-state index contributed by atoms with van der Waals surface area (Å²) in [5.41, 5.74) is 1.31. The maximum atomic E-state index is 3.80. The Morgan fingerprint density at radius 1 is 1.38 bits per heavy atom. The van der Waals surface area contributed by atoms with E-state index in [4.69, 9.17) is 0 Å². The third kappa shape index (κ3) is 5.60. The molecular formula is C14H18SSe. The third-order valence-electron chi connectivity index (χ3n) is 1.88. The zero-order valence-corrected chi connectivity index (χ0v) is 12.2. The van der Waals surface area contributed by atoms with Crippen LogP contribution in [0.15, 0.2) is 46.8 Å². The average Bonchev–Trinajstić information content (AvgIpc) is 2.34. The minimum atomic E-state index is 0.553. The van der Waals surface area contributed by atoms with Gasteiger partial charge >= 0.3 is 110 Å². The van der Waals surface area contributed by atoms with Crippen molar-refractivity contribution >= 4 is 32.8 Å². The first-order valence-corrected chi connectivity index (χ1v) is 8.55. The standard InChI is InChI=1S/C14H18SSe/c1-3-10-15-14(16-11-4-2)12-13-8-6-5-7-9-13/h4-9,12H,2-3,10-11H2,1H3/b14-12-. The number of benzene rings is 1. The van der Waals surface area contributed by atoms with Crippen molar-refractivity contribution in [2.24, 2.45) is 0 Å². The van der Waals surface area contributed by atoms with E-state index in [-0.39, 0.29) is 0 Å². The van der Waals surface area contributed by atoms with Crippen LogP contribution in [0.3, 0.4) is 0 Å². The molecule has 2 heteroatoms. The van der Waals surface area contributed by atoms with Crippen molar-refractivity contribution in [1.29, 1.82) is 0 Å². The molecule has 1 aromatic carbocycles. The number of hydrogen-bond donors (Lipinski definition) is 0. The molecule has 0 radical (unpaired) electrons. The molecular weight excluding hydrogens is 279 g/mol. The predicted octanol–water partition coefficient (Wildman–Crippen LogP) is 4.44. The second-order valence-corrected chi connectivity index (χ2v) is 7.27. The van der Waals surface area contributed by atoms with E-state index >= 15 is 0 Å². The van der Waals surface area contributed by atoms with Crippen LogP contribution in [-0.4, -0.2) is 20.7 Å². The van der Waals surface area contributed by atoms with Crippen molar-refractivity contribution in [1.82, 2.24) is 0 Å². The molecule has 0 amide bonds. The summed E-state index contributed by atoms with van der Waals surface area (Å²) in [6, 6.07) is 10.6. The van der Waals surface area contributed by atoms with Gasteiger partial charge < -0.3 is 0 Å². The molecule has 86 valence electrons. The molecule has 0 saturated carbocycles. The Labute approximate surface area is 109 Å². The molecule has 0 aromatic heterocycles. The second-order valence-electron chi connectivity index (χ2n) is 3.32. The first kappa shape index (κ1) is 13.6. The fraction of sp³-hybridized carbons (Fsp3) is 0.286. The van der Waals surface area contributed by atoms with E-state index in [0.717, 1.165) is 5.32 Å². The van der Waals surface area contributed by atoms with Gasteiger partial charge in [0.15, 0.2) is 0 Å². The molecule has 0 aliphatic carbocycles. The first-order valence-electron chi connectivity index (χ1n) is 5.50. The molecule has 0 spiro atoms. The fourth-order valence-electron chi connectivity index (χ4n) is 1.15. The van der Waals surface area contributed by atoms with E-state index in [9.17, 15) is 0 Å². The van der Waals surface area contributed by atoms with E-state index < -0.39 is 0 Å². The molecule has 16 heavy (non-hydrogen) atoms. The summed E-state index contributed by atoms with van der Waals surface area (Å²) in [6.07, 6.45) is 5.58. The van der Waals surface area contributed by atoms with Crippen LogP contribution in [0, 0.1) is 0 Å². The summed E-state index contributed by atoms with van der Waals surface area (Å²) in [7, 11) is 0. The van der Waals surface area contributed by atoms with Crippen molar-refractivity contribution in [3.8, 4) is 0 Å². The summed E-state index contributed by atoms with van der Waals surface area (Å²) in [5, 5.41) is 1.13. The summed E-state index contributed by atoms with van der Waals surface area (Å²) in [6.45, 7) is 6.03. The van der Waals surface area contributed by atoms with Gasteiger partial charge in [0, 0.05) is 0 Å². The maximum absolute atomic E-state index is 3.80. The summed E-state index contributed by atoms with van der Waals surface area (Å²) in [4.78, 5) is 0. The first-order chi connectivity index (χ1) is 7.86. The van der Waals surface area contributed by atoms with Gasteiger partial charge in [0.2, 0.25) is 0 Å². The van der Waals surface area contributed by atoms with Crippen LogP contribution in [-0.2, 0) is 0 Å². The van der Waals surface area contributed by atoms with Crippen LogP contribution in [0.5, 0.6) is 0 Å². The third-order valence-corrected chi connectivity index (χ3v) is 5.93. The van der Waals surface area contributed by atoms with Gasteiger partial charge in [-0.05, 0) is 0 Å². The van der Waals surface area contributed by atoms with Gasteiger partial charge in [0.05, 0.1) is 0 Å². The Kier molecular flexibility index (Phi) is 7.41. The van der Waals surface area contributed by atoms with Crippen molar-refractivity contribution in [3.05, 3.63) is 52.4 Å². The zero-order chi connectivity index (χ0) is 11.6. The Morgan fingerprint density at radius 3 is 2.75 bits per heavy atom. The second kappa shape index (κ2) is 8.69. The molecule has 0 aliphatic rings. The van der Waals surface area contributed by atoms with Gasteiger partial charge in [0.1, 0.15) is 0 Å². The minimum absolute atomic E-state index is 0.553. The number of rotatable bonds is 7. The van der Waals surface area contributed by atoms with Crippen LogP contribution in [0.1, 0.15) is 18.9 Å². The topological polar surface area (TPSA) is 0 Å². The van der Waals surface area contributed by atoms with E-state index in [1.807, 2.05) is 17.8 Å². The Hall–Kier alpha value is -0.431. The molecule has 0 bridgehead atoms. The molecule has 1 aromatic rings. The van der Waals surface area contributed by atoms with Gasteiger partial charge in [-0.2, -0.15) is 0 Å². The van der Waals surface area contributed by atoms with E-state index in [2.05, 4.69) is 49.9 Å². The molecule has 0 N–H and O–H groups in total. The van der Waals surface area contributed by atoms with Crippen LogP contribution in [0.4, 0.5) is 0 Å². The fourth-order valence-corrected chi connectivity index (χ4v) is 4.32. The molecule has 1 rings (SSSR count).